The van der Waals surface area contributed by atoms with Gasteiger partial charge in [-0.1, -0.05) is 0 Å². The second kappa shape index (κ2) is 5.40. The number of alkyl halides is 6. The predicted octanol–water partition coefficient (Wildman–Crippen LogP) is 2.45. The third kappa shape index (κ3) is 4.12. The summed E-state index contributed by atoms with van der Waals surface area (Å²) in [7, 11) is 1.51. The van der Waals surface area contributed by atoms with Crippen LogP contribution in [0, 0.1) is 5.92 Å². The number of aliphatic hydroxyl groups excluding tert-OH is 1. The van der Waals surface area contributed by atoms with Crippen molar-refractivity contribution in [3.8, 4) is 0 Å². The van der Waals surface area contributed by atoms with E-state index in [1.54, 1.807) is 0 Å². The lowest BCUT2D eigenvalue weighted by Crippen LogP contribution is -2.45. The minimum absolute atomic E-state index is 0.125. The average molecular weight is 290 g/mol. The molecule has 0 amide bonds. The molecule has 1 heterocycles. The summed E-state index contributed by atoms with van der Waals surface area (Å²) in [5.41, 5.74) is 0.446. The largest absolute Gasteiger partial charge is 0.403 e. The molecule has 0 saturated carbocycles. The zero-order valence-electron chi connectivity index (χ0n) is 9.83. The third-order valence-corrected chi connectivity index (χ3v) is 2.71. The maximum absolute atomic E-state index is 12.3. The van der Waals surface area contributed by atoms with Crippen LogP contribution in [0.5, 0.6) is 0 Å². The van der Waals surface area contributed by atoms with E-state index >= 15 is 0 Å². The van der Waals surface area contributed by atoms with E-state index in [1.807, 2.05) is 0 Å². The lowest BCUT2D eigenvalue weighted by molar-refractivity contribution is -0.306. The highest BCUT2D eigenvalue weighted by molar-refractivity contribution is 5.00. The van der Waals surface area contributed by atoms with Crippen LogP contribution < -0.4 is 0 Å². The molecule has 0 radical (unpaired) electrons. The Morgan fingerprint density at radius 2 is 1.74 bits per heavy atom. The first-order valence-electron chi connectivity index (χ1n) is 5.32. The highest BCUT2D eigenvalue weighted by Gasteiger charge is 2.59. The Balaban J connectivity index is 2.74. The molecule has 0 saturated heterocycles. The summed E-state index contributed by atoms with van der Waals surface area (Å²) in [4.78, 5) is 0. The predicted molar refractivity (Wildman–Crippen MR) is 53.1 cm³/mol. The lowest BCUT2D eigenvalue weighted by atomic mass is 9.96. The molecule has 0 aliphatic heterocycles. The highest BCUT2D eigenvalue weighted by Crippen LogP contribution is 2.42. The highest BCUT2D eigenvalue weighted by atomic mass is 19.4. The van der Waals surface area contributed by atoms with E-state index in [4.69, 9.17) is 0 Å². The van der Waals surface area contributed by atoms with Gasteiger partial charge in [0.05, 0.1) is 6.10 Å². The Morgan fingerprint density at radius 3 is 2.11 bits per heavy atom. The molecule has 0 aliphatic carbocycles. The van der Waals surface area contributed by atoms with Gasteiger partial charge in [-0.2, -0.15) is 31.4 Å². The number of halogens is 6. The van der Waals surface area contributed by atoms with Crippen LogP contribution in [0.4, 0.5) is 26.3 Å². The molecule has 1 aromatic heterocycles. The molecule has 1 unspecified atom stereocenters. The lowest BCUT2D eigenvalue weighted by Gasteiger charge is -2.27. The topological polar surface area (TPSA) is 38.0 Å². The first kappa shape index (κ1) is 15.8. The van der Waals surface area contributed by atoms with Crippen molar-refractivity contribution in [3.63, 3.8) is 0 Å². The summed E-state index contributed by atoms with van der Waals surface area (Å²) in [6, 6.07) is 1.46. The molecule has 0 fully saturated rings. The van der Waals surface area contributed by atoms with Crippen molar-refractivity contribution in [1.29, 1.82) is 0 Å². The molecular weight excluding hydrogens is 278 g/mol. The van der Waals surface area contributed by atoms with E-state index in [0.29, 0.717) is 5.69 Å². The molecule has 0 bridgehead atoms. The van der Waals surface area contributed by atoms with Crippen molar-refractivity contribution < 1.29 is 31.4 Å². The Bertz CT molecular complexity index is 397. The van der Waals surface area contributed by atoms with Crippen LogP contribution in [-0.4, -0.2) is 33.3 Å². The van der Waals surface area contributed by atoms with Gasteiger partial charge in [-0.3, -0.25) is 4.68 Å². The molecule has 19 heavy (non-hydrogen) atoms. The van der Waals surface area contributed by atoms with Gasteiger partial charge in [-0.15, -0.1) is 0 Å². The zero-order chi connectivity index (χ0) is 14.8. The van der Waals surface area contributed by atoms with Crippen LogP contribution in [0.15, 0.2) is 12.3 Å². The number of aromatic nitrogens is 2. The second-order valence-electron chi connectivity index (χ2n) is 4.11. The quantitative estimate of drug-likeness (QED) is 0.865. The summed E-state index contributed by atoms with van der Waals surface area (Å²) in [6.45, 7) is 0. The standard InChI is InChI=1S/C10H12F6N2O/c1-18-6(4-5-17-18)2-3-7(19)8(9(11,12)13)10(14,15)16/h4-5,7-8,19H,2-3H2,1H3. The monoisotopic (exact) mass is 290 g/mol. The summed E-state index contributed by atoms with van der Waals surface area (Å²) in [6.07, 6.45) is -13.0. The number of aliphatic hydroxyl groups is 1. The van der Waals surface area contributed by atoms with E-state index in [0.717, 1.165) is 0 Å². The number of nitrogens with zero attached hydrogens (tertiary/aromatic N) is 2. The van der Waals surface area contributed by atoms with E-state index < -0.39 is 30.8 Å². The SMILES string of the molecule is Cn1nccc1CCC(O)C(C(F)(F)F)C(F)(F)F. The summed E-state index contributed by atoms with van der Waals surface area (Å²) < 4.78 is 75.2. The van der Waals surface area contributed by atoms with Gasteiger partial charge in [-0.25, -0.2) is 0 Å². The van der Waals surface area contributed by atoms with Gasteiger partial charge in [0.2, 0.25) is 0 Å². The Hall–Kier alpha value is -1.25. The van der Waals surface area contributed by atoms with Crippen molar-refractivity contribution >= 4 is 0 Å². The maximum Gasteiger partial charge on any atom is 0.403 e. The Kier molecular flexibility index (Phi) is 4.49. The van der Waals surface area contributed by atoms with Crippen LogP contribution in [0.2, 0.25) is 0 Å². The zero-order valence-corrected chi connectivity index (χ0v) is 9.83. The Morgan fingerprint density at radius 1 is 1.21 bits per heavy atom. The van der Waals surface area contributed by atoms with E-state index in [9.17, 15) is 31.4 Å². The molecular formula is C10H12F6N2O. The van der Waals surface area contributed by atoms with Crippen LogP contribution in [0.1, 0.15) is 12.1 Å². The number of rotatable bonds is 4. The molecule has 0 aromatic carbocycles. The smallest absolute Gasteiger partial charge is 0.392 e. The fourth-order valence-electron chi connectivity index (χ4n) is 1.73. The summed E-state index contributed by atoms with van der Waals surface area (Å²) in [5.74, 6) is -3.73. The van der Waals surface area contributed by atoms with Gasteiger partial charge >= 0.3 is 12.4 Å². The fraction of sp³-hybridized carbons (Fsp3) is 0.700. The van der Waals surface area contributed by atoms with Crippen LogP contribution in [-0.2, 0) is 13.5 Å². The van der Waals surface area contributed by atoms with Crippen LogP contribution in [0.25, 0.3) is 0 Å². The molecule has 110 valence electrons. The number of hydrogen-bond donors (Lipinski definition) is 1. The normalized spacial score (nSPS) is 15.0. The van der Waals surface area contributed by atoms with Crippen molar-refractivity contribution in [2.24, 2.45) is 13.0 Å². The fourth-order valence-corrected chi connectivity index (χ4v) is 1.73. The minimum Gasteiger partial charge on any atom is -0.392 e. The Labute approximate surface area is 104 Å². The van der Waals surface area contributed by atoms with Gasteiger partial charge in [0, 0.05) is 18.9 Å². The van der Waals surface area contributed by atoms with Gasteiger partial charge in [0.15, 0.2) is 5.92 Å². The van der Waals surface area contributed by atoms with Crippen molar-refractivity contribution in [3.05, 3.63) is 18.0 Å². The number of hydrogen-bond acceptors (Lipinski definition) is 2. The summed E-state index contributed by atoms with van der Waals surface area (Å²) in [5, 5.41) is 12.9. The van der Waals surface area contributed by atoms with Crippen molar-refractivity contribution in [2.45, 2.75) is 31.3 Å². The minimum atomic E-state index is -5.52. The van der Waals surface area contributed by atoms with Crippen molar-refractivity contribution in [2.75, 3.05) is 0 Å². The molecule has 0 spiro atoms. The molecule has 9 heteroatoms. The second-order valence-corrected chi connectivity index (χ2v) is 4.11. The first-order valence-corrected chi connectivity index (χ1v) is 5.32. The summed E-state index contributed by atoms with van der Waals surface area (Å²) >= 11 is 0. The molecule has 3 nitrogen and oxygen atoms in total. The van der Waals surface area contributed by atoms with E-state index in [-0.39, 0.29) is 6.42 Å². The molecule has 1 atom stereocenters. The third-order valence-electron chi connectivity index (χ3n) is 2.71. The first-order chi connectivity index (χ1) is 8.53. The molecule has 0 aliphatic rings. The number of aryl methyl sites for hydroxylation is 2. The van der Waals surface area contributed by atoms with E-state index in [2.05, 4.69) is 5.10 Å². The van der Waals surface area contributed by atoms with Gasteiger partial charge in [-0.05, 0) is 18.9 Å². The van der Waals surface area contributed by atoms with Crippen molar-refractivity contribution in [1.82, 2.24) is 9.78 Å². The van der Waals surface area contributed by atoms with Gasteiger partial charge in [0.25, 0.3) is 0 Å². The van der Waals surface area contributed by atoms with Gasteiger partial charge < -0.3 is 5.11 Å². The van der Waals surface area contributed by atoms with E-state index in [1.165, 1.54) is 24.0 Å². The van der Waals surface area contributed by atoms with Gasteiger partial charge in [0.1, 0.15) is 0 Å². The average Bonchev–Trinajstić information content (AvgIpc) is 2.56. The van der Waals surface area contributed by atoms with Crippen LogP contribution in [0.3, 0.4) is 0 Å². The van der Waals surface area contributed by atoms with Crippen LogP contribution >= 0.6 is 0 Å². The molecule has 1 aromatic rings. The molecule has 1 N–H and O–H groups in total. The maximum atomic E-state index is 12.3. The molecule has 1 rings (SSSR count).